The summed E-state index contributed by atoms with van der Waals surface area (Å²) in [6.45, 7) is 7.37. The average molecular weight is 266 g/mol. The first kappa shape index (κ1) is 14.0. The molecule has 2 heterocycles. The summed E-state index contributed by atoms with van der Waals surface area (Å²) in [4.78, 5) is 14.4. The van der Waals surface area contributed by atoms with Crippen LogP contribution in [0.15, 0.2) is 0 Å². The second-order valence-corrected chi connectivity index (χ2v) is 5.19. The fourth-order valence-electron chi connectivity index (χ4n) is 2.42. The second kappa shape index (κ2) is 5.30. The largest absolute Gasteiger partial charge is 0.373 e. The Bertz CT molecular complexity index is 481. The van der Waals surface area contributed by atoms with Crippen LogP contribution in [-0.2, 0) is 11.8 Å². The topological polar surface area (TPSA) is 73.4 Å². The van der Waals surface area contributed by atoms with Crippen LogP contribution in [0.1, 0.15) is 28.7 Å². The molecule has 6 nitrogen and oxygen atoms in total. The number of amides is 1. The van der Waals surface area contributed by atoms with Crippen molar-refractivity contribution in [1.29, 1.82) is 0 Å². The molecular formula is C13H22N4O2. The SMILES string of the molecule is Cc1nn(C)c(C)c1C(=O)N1CCOC(C(C)N)C1. The van der Waals surface area contributed by atoms with Gasteiger partial charge in [0.15, 0.2) is 0 Å². The maximum absolute atomic E-state index is 12.6. The Kier molecular flexibility index (Phi) is 3.91. The molecule has 0 spiro atoms. The smallest absolute Gasteiger partial charge is 0.257 e. The number of carbonyl (C=O) groups is 1. The van der Waals surface area contributed by atoms with E-state index >= 15 is 0 Å². The van der Waals surface area contributed by atoms with E-state index in [0.29, 0.717) is 25.3 Å². The summed E-state index contributed by atoms with van der Waals surface area (Å²) in [6, 6.07) is -0.0771. The maximum atomic E-state index is 12.6. The normalized spacial score (nSPS) is 21.5. The Morgan fingerprint density at radius 1 is 1.53 bits per heavy atom. The number of nitrogens with zero attached hydrogens (tertiary/aromatic N) is 3. The van der Waals surface area contributed by atoms with Crippen molar-refractivity contribution in [1.82, 2.24) is 14.7 Å². The molecule has 19 heavy (non-hydrogen) atoms. The highest BCUT2D eigenvalue weighted by Gasteiger charge is 2.29. The lowest BCUT2D eigenvalue weighted by atomic mass is 10.1. The van der Waals surface area contributed by atoms with Crippen LogP contribution in [0.3, 0.4) is 0 Å². The Hall–Kier alpha value is -1.40. The average Bonchev–Trinajstić information content (AvgIpc) is 2.62. The van der Waals surface area contributed by atoms with Gasteiger partial charge in [-0.25, -0.2) is 0 Å². The van der Waals surface area contributed by atoms with Crippen LogP contribution < -0.4 is 5.73 Å². The molecule has 0 bridgehead atoms. The van der Waals surface area contributed by atoms with Crippen molar-refractivity contribution in [2.75, 3.05) is 19.7 Å². The Morgan fingerprint density at radius 3 is 2.74 bits per heavy atom. The predicted octanol–water partition coefficient (Wildman–Crippen LogP) is 0.225. The van der Waals surface area contributed by atoms with Gasteiger partial charge in [0.2, 0.25) is 0 Å². The van der Waals surface area contributed by atoms with Gasteiger partial charge in [0, 0.05) is 31.9 Å². The number of carbonyl (C=O) groups excluding carboxylic acids is 1. The first-order chi connectivity index (χ1) is 8.91. The minimum atomic E-state index is -0.0880. The summed E-state index contributed by atoms with van der Waals surface area (Å²) < 4.78 is 7.32. The zero-order valence-electron chi connectivity index (χ0n) is 12.0. The molecule has 1 saturated heterocycles. The highest BCUT2D eigenvalue weighted by atomic mass is 16.5. The molecule has 1 aromatic rings. The summed E-state index contributed by atoms with van der Waals surface area (Å²) in [7, 11) is 1.85. The van der Waals surface area contributed by atoms with Crippen LogP contribution in [-0.4, -0.2) is 52.4 Å². The number of ether oxygens (including phenoxy) is 1. The molecule has 2 rings (SSSR count). The zero-order chi connectivity index (χ0) is 14.2. The van der Waals surface area contributed by atoms with Gasteiger partial charge in [-0.2, -0.15) is 5.10 Å². The molecule has 1 amide bonds. The van der Waals surface area contributed by atoms with E-state index in [1.807, 2.05) is 32.7 Å². The Balaban J connectivity index is 2.19. The van der Waals surface area contributed by atoms with Crippen LogP contribution in [0, 0.1) is 13.8 Å². The highest BCUT2D eigenvalue weighted by molar-refractivity contribution is 5.96. The van der Waals surface area contributed by atoms with E-state index in [1.165, 1.54) is 0 Å². The Morgan fingerprint density at radius 2 is 2.21 bits per heavy atom. The van der Waals surface area contributed by atoms with E-state index in [-0.39, 0.29) is 18.1 Å². The van der Waals surface area contributed by atoms with Gasteiger partial charge in [-0.3, -0.25) is 9.48 Å². The van der Waals surface area contributed by atoms with Crippen molar-refractivity contribution in [3.05, 3.63) is 17.0 Å². The predicted molar refractivity (Wildman–Crippen MR) is 72.0 cm³/mol. The summed E-state index contributed by atoms with van der Waals surface area (Å²) in [6.07, 6.45) is -0.0880. The first-order valence-corrected chi connectivity index (χ1v) is 6.58. The van der Waals surface area contributed by atoms with Gasteiger partial charge in [-0.15, -0.1) is 0 Å². The number of aromatic nitrogens is 2. The number of rotatable bonds is 2. The van der Waals surface area contributed by atoms with Crippen molar-refractivity contribution in [2.24, 2.45) is 12.8 Å². The summed E-state index contributed by atoms with van der Waals surface area (Å²) in [5.74, 6) is 0.0250. The molecule has 2 unspecified atom stereocenters. The lowest BCUT2D eigenvalue weighted by Crippen LogP contribution is -2.51. The van der Waals surface area contributed by atoms with Crippen molar-refractivity contribution in [3.8, 4) is 0 Å². The number of aryl methyl sites for hydroxylation is 2. The van der Waals surface area contributed by atoms with Crippen LogP contribution in [0.5, 0.6) is 0 Å². The molecule has 0 radical (unpaired) electrons. The molecule has 1 fully saturated rings. The third-order valence-electron chi connectivity index (χ3n) is 3.69. The second-order valence-electron chi connectivity index (χ2n) is 5.19. The summed E-state index contributed by atoms with van der Waals surface area (Å²) >= 11 is 0. The van der Waals surface area contributed by atoms with Crippen molar-refractivity contribution >= 4 is 5.91 Å². The zero-order valence-corrected chi connectivity index (χ0v) is 12.0. The van der Waals surface area contributed by atoms with E-state index in [1.54, 1.807) is 4.68 Å². The number of hydrogen-bond acceptors (Lipinski definition) is 4. The number of nitrogens with two attached hydrogens (primary N) is 1. The molecule has 2 N–H and O–H groups in total. The fraction of sp³-hybridized carbons (Fsp3) is 0.692. The minimum absolute atomic E-state index is 0.0250. The van der Waals surface area contributed by atoms with E-state index in [2.05, 4.69) is 5.10 Å². The van der Waals surface area contributed by atoms with Gasteiger partial charge in [-0.1, -0.05) is 0 Å². The van der Waals surface area contributed by atoms with Gasteiger partial charge in [0.25, 0.3) is 5.91 Å². The molecule has 1 aromatic heterocycles. The molecule has 2 atom stereocenters. The molecule has 0 aliphatic carbocycles. The van der Waals surface area contributed by atoms with Gasteiger partial charge >= 0.3 is 0 Å². The number of hydrogen-bond donors (Lipinski definition) is 1. The van der Waals surface area contributed by atoms with E-state index < -0.39 is 0 Å². The third kappa shape index (κ3) is 2.64. The lowest BCUT2D eigenvalue weighted by molar-refractivity contribution is -0.0300. The summed E-state index contributed by atoms with van der Waals surface area (Å²) in [5, 5.41) is 4.29. The fourth-order valence-corrected chi connectivity index (χ4v) is 2.42. The molecule has 106 valence electrons. The van der Waals surface area contributed by atoms with Gasteiger partial charge in [-0.05, 0) is 20.8 Å². The van der Waals surface area contributed by atoms with E-state index in [9.17, 15) is 4.79 Å². The van der Waals surface area contributed by atoms with Gasteiger partial charge in [0.05, 0.1) is 24.0 Å². The van der Waals surface area contributed by atoms with Crippen molar-refractivity contribution in [3.63, 3.8) is 0 Å². The molecule has 0 aromatic carbocycles. The van der Waals surface area contributed by atoms with Crippen LogP contribution in [0.25, 0.3) is 0 Å². The monoisotopic (exact) mass is 266 g/mol. The molecule has 1 aliphatic rings. The first-order valence-electron chi connectivity index (χ1n) is 6.58. The highest BCUT2D eigenvalue weighted by Crippen LogP contribution is 2.17. The van der Waals surface area contributed by atoms with Crippen molar-refractivity contribution in [2.45, 2.75) is 32.9 Å². The Labute approximate surface area is 113 Å². The molecule has 1 aliphatic heterocycles. The number of morpholine rings is 1. The van der Waals surface area contributed by atoms with E-state index in [0.717, 1.165) is 11.4 Å². The van der Waals surface area contributed by atoms with Crippen LogP contribution in [0.4, 0.5) is 0 Å². The molecule has 0 saturated carbocycles. The van der Waals surface area contributed by atoms with Crippen LogP contribution in [0.2, 0.25) is 0 Å². The summed E-state index contributed by atoms with van der Waals surface area (Å²) in [5.41, 5.74) is 8.22. The van der Waals surface area contributed by atoms with Gasteiger partial charge < -0.3 is 15.4 Å². The van der Waals surface area contributed by atoms with Crippen LogP contribution >= 0.6 is 0 Å². The quantitative estimate of drug-likeness (QED) is 0.831. The minimum Gasteiger partial charge on any atom is -0.373 e. The lowest BCUT2D eigenvalue weighted by Gasteiger charge is -2.34. The van der Waals surface area contributed by atoms with E-state index in [4.69, 9.17) is 10.5 Å². The standard InChI is InChI=1S/C13H22N4O2/c1-8(14)11-7-17(5-6-19-11)13(18)12-9(2)15-16(4)10(12)3/h8,11H,5-7,14H2,1-4H3. The molecule has 6 heteroatoms. The maximum Gasteiger partial charge on any atom is 0.257 e. The third-order valence-corrected chi connectivity index (χ3v) is 3.69. The van der Waals surface area contributed by atoms with Crippen molar-refractivity contribution < 1.29 is 9.53 Å². The molecular weight excluding hydrogens is 244 g/mol. The van der Waals surface area contributed by atoms with Gasteiger partial charge in [0.1, 0.15) is 0 Å².